The molecule has 27 heavy (non-hydrogen) atoms. The van der Waals surface area contributed by atoms with E-state index in [0.29, 0.717) is 18.3 Å². The second-order valence-corrected chi connectivity index (χ2v) is 8.49. The Hall–Kier alpha value is -2.12. The number of hydrogen-bond donors (Lipinski definition) is 0. The zero-order valence-electron chi connectivity index (χ0n) is 15.2. The van der Waals surface area contributed by atoms with E-state index < -0.39 is 0 Å². The second kappa shape index (κ2) is 8.27. The summed E-state index contributed by atoms with van der Waals surface area (Å²) >= 11 is 3.24. The van der Waals surface area contributed by atoms with Crippen LogP contribution in [-0.4, -0.2) is 33.0 Å². The SMILES string of the molecule is CCN(C(=O)CSc1nnc(Cc2cccs2)n1C1CC1)c1ccccc1. The van der Waals surface area contributed by atoms with Gasteiger partial charge >= 0.3 is 0 Å². The zero-order chi connectivity index (χ0) is 18.6. The fourth-order valence-electron chi connectivity index (χ4n) is 3.11. The van der Waals surface area contributed by atoms with Crippen LogP contribution in [0.3, 0.4) is 0 Å². The molecule has 0 aliphatic heterocycles. The summed E-state index contributed by atoms with van der Waals surface area (Å²) in [6.07, 6.45) is 3.14. The highest BCUT2D eigenvalue weighted by Gasteiger charge is 2.30. The van der Waals surface area contributed by atoms with E-state index >= 15 is 0 Å². The number of aromatic nitrogens is 3. The molecule has 4 rings (SSSR count). The number of para-hydroxylation sites is 1. The predicted molar refractivity (Wildman–Crippen MR) is 111 cm³/mol. The highest BCUT2D eigenvalue weighted by molar-refractivity contribution is 7.99. The molecule has 1 amide bonds. The molecular weight excluding hydrogens is 376 g/mol. The van der Waals surface area contributed by atoms with E-state index in [2.05, 4.69) is 32.3 Å². The minimum atomic E-state index is 0.0962. The molecule has 7 heteroatoms. The molecule has 1 aliphatic rings. The molecule has 2 aromatic heterocycles. The van der Waals surface area contributed by atoms with Gasteiger partial charge in [-0.05, 0) is 43.3 Å². The fraction of sp³-hybridized carbons (Fsp3) is 0.350. The number of rotatable bonds is 8. The molecule has 1 aromatic carbocycles. The number of hydrogen-bond acceptors (Lipinski definition) is 5. The summed E-state index contributed by atoms with van der Waals surface area (Å²) in [5, 5.41) is 11.8. The van der Waals surface area contributed by atoms with Crippen LogP contribution in [0.2, 0.25) is 0 Å². The van der Waals surface area contributed by atoms with Gasteiger partial charge in [-0.15, -0.1) is 21.5 Å². The predicted octanol–water partition coefficient (Wildman–Crippen LogP) is 4.41. The summed E-state index contributed by atoms with van der Waals surface area (Å²) in [6, 6.07) is 14.5. The maximum Gasteiger partial charge on any atom is 0.237 e. The van der Waals surface area contributed by atoms with Gasteiger partial charge < -0.3 is 9.47 Å². The van der Waals surface area contributed by atoms with E-state index in [1.165, 1.54) is 29.5 Å². The van der Waals surface area contributed by atoms with Crippen molar-refractivity contribution in [1.82, 2.24) is 14.8 Å². The average Bonchev–Trinajstić information content (AvgIpc) is 3.24. The summed E-state index contributed by atoms with van der Waals surface area (Å²) in [6.45, 7) is 2.66. The third kappa shape index (κ3) is 4.25. The van der Waals surface area contributed by atoms with Gasteiger partial charge in [0.1, 0.15) is 5.82 Å². The summed E-state index contributed by atoms with van der Waals surface area (Å²) < 4.78 is 2.25. The van der Waals surface area contributed by atoms with Crippen LogP contribution < -0.4 is 4.90 Å². The van der Waals surface area contributed by atoms with Crippen molar-refractivity contribution in [2.24, 2.45) is 0 Å². The number of benzene rings is 1. The third-order valence-corrected chi connectivity index (χ3v) is 6.37. The fourth-order valence-corrected chi connectivity index (χ4v) is 4.71. The molecule has 140 valence electrons. The Labute approximate surface area is 167 Å². The quantitative estimate of drug-likeness (QED) is 0.528. The molecule has 5 nitrogen and oxygen atoms in total. The molecule has 0 radical (unpaired) electrons. The number of thiophene rings is 1. The Bertz CT molecular complexity index is 888. The van der Waals surface area contributed by atoms with Crippen molar-refractivity contribution in [2.45, 2.75) is 37.4 Å². The van der Waals surface area contributed by atoms with Gasteiger partial charge in [0.25, 0.3) is 0 Å². The van der Waals surface area contributed by atoms with E-state index in [0.717, 1.165) is 23.1 Å². The largest absolute Gasteiger partial charge is 0.312 e. The topological polar surface area (TPSA) is 51.0 Å². The third-order valence-electron chi connectivity index (χ3n) is 4.57. The van der Waals surface area contributed by atoms with Gasteiger partial charge in [0.2, 0.25) is 5.91 Å². The van der Waals surface area contributed by atoms with Crippen LogP contribution >= 0.6 is 23.1 Å². The molecule has 0 atom stereocenters. The number of nitrogens with zero attached hydrogens (tertiary/aromatic N) is 4. The summed E-state index contributed by atoms with van der Waals surface area (Å²) in [5.41, 5.74) is 0.938. The lowest BCUT2D eigenvalue weighted by atomic mass is 10.3. The first kappa shape index (κ1) is 18.3. The van der Waals surface area contributed by atoms with E-state index in [4.69, 9.17) is 0 Å². The van der Waals surface area contributed by atoms with Crippen molar-refractivity contribution >= 4 is 34.7 Å². The van der Waals surface area contributed by atoms with Crippen molar-refractivity contribution in [2.75, 3.05) is 17.2 Å². The van der Waals surface area contributed by atoms with Gasteiger partial charge in [-0.1, -0.05) is 36.0 Å². The first-order valence-corrected chi connectivity index (χ1v) is 11.1. The molecule has 1 aliphatic carbocycles. The van der Waals surface area contributed by atoms with Crippen molar-refractivity contribution in [3.05, 3.63) is 58.5 Å². The standard InChI is InChI=1S/C20H22N4OS2/c1-2-23(15-7-4-3-5-8-15)19(25)14-27-20-22-21-18(24(20)16-10-11-16)13-17-9-6-12-26-17/h3-9,12,16H,2,10-11,13-14H2,1H3. The molecule has 2 heterocycles. The maximum absolute atomic E-state index is 12.8. The van der Waals surface area contributed by atoms with Crippen LogP contribution in [0.15, 0.2) is 53.0 Å². The number of carbonyl (C=O) groups is 1. The lowest BCUT2D eigenvalue weighted by Crippen LogP contribution is -2.32. The normalized spacial score (nSPS) is 13.7. The smallest absolute Gasteiger partial charge is 0.237 e. The summed E-state index contributed by atoms with van der Waals surface area (Å²) in [5.74, 6) is 1.47. The van der Waals surface area contributed by atoms with E-state index in [-0.39, 0.29) is 5.91 Å². The molecule has 0 saturated heterocycles. The van der Waals surface area contributed by atoms with Crippen LogP contribution in [0.4, 0.5) is 5.69 Å². The summed E-state index contributed by atoms with van der Waals surface area (Å²) in [4.78, 5) is 15.9. The number of amides is 1. The lowest BCUT2D eigenvalue weighted by molar-refractivity contribution is -0.116. The Morgan fingerprint density at radius 2 is 2.04 bits per heavy atom. The molecule has 0 bridgehead atoms. The van der Waals surface area contributed by atoms with Crippen LogP contribution in [0.1, 0.15) is 36.5 Å². The van der Waals surface area contributed by atoms with Crippen LogP contribution in [0.25, 0.3) is 0 Å². The van der Waals surface area contributed by atoms with E-state index in [9.17, 15) is 4.79 Å². The minimum absolute atomic E-state index is 0.0962. The maximum atomic E-state index is 12.8. The molecule has 0 spiro atoms. The Kier molecular flexibility index (Phi) is 5.59. The summed E-state index contributed by atoms with van der Waals surface area (Å²) in [7, 11) is 0. The van der Waals surface area contributed by atoms with Crippen LogP contribution in [-0.2, 0) is 11.2 Å². The van der Waals surface area contributed by atoms with Crippen LogP contribution in [0, 0.1) is 0 Å². The molecule has 3 aromatic rings. The van der Waals surface area contributed by atoms with Gasteiger partial charge in [-0.3, -0.25) is 4.79 Å². The van der Waals surface area contributed by atoms with Crippen molar-refractivity contribution in [3.8, 4) is 0 Å². The van der Waals surface area contributed by atoms with Crippen molar-refractivity contribution in [1.29, 1.82) is 0 Å². The number of thioether (sulfide) groups is 1. The molecule has 1 fully saturated rings. The van der Waals surface area contributed by atoms with Gasteiger partial charge in [0.15, 0.2) is 5.16 Å². The highest BCUT2D eigenvalue weighted by Crippen LogP contribution is 2.39. The van der Waals surface area contributed by atoms with Crippen molar-refractivity contribution < 1.29 is 4.79 Å². The van der Waals surface area contributed by atoms with Gasteiger partial charge in [0.05, 0.1) is 5.75 Å². The van der Waals surface area contributed by atoms with Gasteiger partial charge in [0, 0.05) is 29.6 Å². The molecule has 0 N–H and O–H groups in total. The number of carbonyl (C=O) groups excluding carboxylic acids is 1. The van der Waals surface area contributed by atoms with Gasteiger partial charge in [-0.25, -0.2) is 0 Å². The zero-order valence-corrected chi connectivity index (χ0v) is 16.9. The van der Waals surface area contributed by atoms with Crippen molar-refractivity contribution in [3.63, 3.8) is 0 Å². The average molecular weight is 399 g/mol. The monoisotopic (exact) mass is 398 g/mol. The van der Waals surface area contributed by atoms with E-state index in [1.54, 1.807) is 11.3 Å². The second-order valence-electron chi connectivity index (χ2n) is 6.52. The number of anilines is 1. The van der Waals surface area contributed by atoms with E-state index in [1.807, 2.05) is 42.2 Å². The molecule has 1 saturated carbocycles. The first-order valence-electron chi connectivity index (χ1n) is 9.20. The Balaban J connectivity index is 1.46. The highest BCUT2D eigenvalue weighted by atomic mass is 32.2. The van der Waals surface area contributed by atoms with Crippen LogP contribution in [0.5, 0.6) is 0 Å². The van der Waals surface area contributed by atoms with Gasteiger partial charge in [-0.2, -0.15) is 0 Å². The first-order chi connectivity index (χ1) is 13.3. The molecule has 0 unspecified atom stereocenters. The Morgan fingerprint density at radius 3 is 2.70 bits per heavy atom. The minimum Gasteiger partial charge on any atom is -0.312 e. The lowest BCUT2D eigenvalue weighted by Gasteiger charge is -2.20. The Morgan fingerprint density at radius 1 is 1.22 bits per heavy atom. The molecular formula is C20H22N4OS2.